The summed E-state index contributed by atoms with van der Waals surface area (Å²) in [6, 6.07) is 22.8. The summed E-state index contributed by atoms with van der Waals surface area (Å²) in [7, 11) is 0. The minimum atomic E-state index is 0.0646. The van der Waals surface area contributed by atoms with Crippen molar-refractivity contribution >= 4 is 11.0 Å². The number of fused-ring (bicyclic) bond motifs is 1. The van der Waals surface area contributed by atoms with Gasteiger partial charge in [-0.15, -0.1) is 15.0 Å². The van der Waals surface area contributed by atoms with Crippen molar-refractivity contribution in [3.8, 4) is 17.5 Å². The smallest absolute Gasteiger partial charge is 0.147 e. The fraction of sp³-hybridized carbons (Fsp3) is 0.136. The molecule has 1 N–H and O–H groups in total. The van der Waals surface area contributed by atoms with Gasteiger partial charge in [0.1, 0.15) is 29.1 Å². The number of nitrogens with zero attached hydrogens (tertiary/aromatic N) is 4. The van der Waals surface area contributed by atoms with Crippen LogP contribution in [0.1, 0.15) is 16.7 Å². The van der Waals surface area contributed by atoms with E-state index in [0.717, 1.165) is 22.2 Å². The van der Waals surface area contributed by atoms with E-state index in [1.165, 1.54) is 0 Å². The van der Waals surface area contributed by atoms with Crippen molar-refractivity contribution in [1.82, 2.24) is 15.0 Å². The molecule has 0 bridgehead atoms. The predicted molar refractivity (Wildman–Crippen MR) is 105 cm³/mol. The monoisotopic (exact) mass is 370 g/mol. The van der Waals surface area contributed by atoms with Crippen LogP contribution in [0.5, 0.6) is 5.75 Å². The molecule has 0 saturated heterocycles. The molecular formula is C22H18N4O2. The summed E-state index contributed by atoms with van der Waals surface area (Å²) in [5.41, 5.74) is 4.77. The summed E-state index contributed by atoms with van der Waals surface area (Å²) in [6.07, 6.45) is 0.540. The third-order valence-electron chi connectivity index (χ3n) is 4.38. The molecule has 0 aliphatic carbocycles. The molecule has 0 amide bonds. The lowest BCUT2D eigenvalue weighted by molar-refractivity contribution is 0.298. The molecule has 0 aliphatic heterocycles. The summed E-state index contributed by atoms with van der Waals surface area (Å²) in [5, 5.41) is 27.4. The van der Waals surface area contributed by atoms with E-state index in [-0.39, 0.29) is 6.61 Å². The molecular weight excluding hydrogens is 352 g/mol. The maximum absolute atomic E-state index is 9.27. The summed E-state index contributed by atoms with van der Waals surface area (Å²) in [5.74, 6) is 0.629. The summed E-state index contributed by atoms with van der Waals surface area (Å²) in [4.78, 5) is 1.56. The van der Waals surface area contributed by atoms with Gasteiger partial charge in [-0.2, -0.15) is 5.26 Å². The molecule has 1 aromatic heterocycles. The van der Waals surface area contributed by atoms with Gasteiger partial charge in [0, 0.05) is 6.61 Å². The normalized spacial score (nSPS) is 10.7. The molecule has 1 heterocycles. The first-order valence-electron chi connectivity index (χ1n) is 8.95. The fourth-order valence-electron chi connectivity index (χ4n) is 2.99. The number of aliphatic hydroxyl groups excluding tert-OH is 1. The van der Waals surface area contributed by atoms with Crippen LogP contribution in [0.3, 0.4) is 0 Å². The molecule has 0 saturated carbocycles. The zero-order valence-corrected chi connectivity index (χ0v) is 15.1. The first-order chi connectivity index (χ1) is 13.8. The quantitative estimate of drug-likeness (QED) is 0.562. The van der Waals surface area contributed by atoms with E-state index in [2.05, 4.69) is 16.3 Å². The van der Waals surface area contributed by atoms with Crippen LogP contribution in [0.4, 0.5) is 0 Å². The van der Waals surface area contributed by atoms with E-state index in [0.29, 0.717) is 30.0 Å². The number of nitriles is 1. The Morgan fingerprint density at radius 1 is 0.929 bits per heavy atom. The standard InChI is InChI=1S/C22H18N4O2/c23-14-17-4-3-5-18(12-17)15-28-22-9-8-16(10-11-27)13-21(22)26-24-19-6-1-2-7-20(19)25-26/h1-9,12-13,27H,10-11,15H2. The van der Waals surface area contributed by atoms with Crippen LogP contribution in [0.25, 0.3) is 16.7 Å². The third-order valence-corrected chi connectivity index (χ3v) is 4.38. The average molecular weight is 370 g/mol. The van der Waals surface area contributed by atoms with Crippen molar-refractivity contribution < 1.29 is 9.84 Å². The Balaban J connectivity index is 1.69. The highest BCUT2D eigenvalue weighted by Crippen LogP contribution is 2.26. The largest absolute Gasteiger partial charge is 0.487 e. The topological polar surface area (TPSA) is 84.0 Å². The van der Waals surface area contributed by atoms with Crippen LogP contribution in [0.2, 0.25) is 0 Å². The van der Waals surface area contributed by atoms with Crippen molar-refractivity contribution in [1.29, 1.82) is 5.26 Å². The fourth-order valence-corrected chi connectivity index (χ4v) is 2.99. The Hall–Kier alpha value is -3.69. The first-order valence-corrected chi connectivity index (χ1v) is 8.95. The van der Waals surface area contributed by atoms with Gasteiger partial charge < -0.3 is 9.84 Å². The van der Waals surface area contributed by atoms with Crippen molar-refractivity contribution in [2.75, 3.05) is 6.61 Å². The lowest BCUT2D eigenvalue weighted by atomic mass is 10.1. The van der Waals surface area contributed by atoms with Crippen molar-refractivity contribution in [3.05, 3.63) is 83.4 Å². The minimum absolute atomic E-state index is 0.0646. The molecule has 6 heteroatoms. The van der Waals surface area contributed by atoms with Crippen LogP contribution in [-0.2, 0) is 13.0 Å². The van der Waals surface area contributed by atoms with E-state index in [1.54, 1.807) is 16.9 Å². The van der Waals surface area contributed by atoms with Gasteiger partial charge in [-0.1, -0.05) is 30.3 Å². The van der Waals surface area contributed by atoms with Crippen LogP contribution >= 0.6 is 0 Å². The minimum Gasteiger partial charge on any atom is -0.487 e. The number of benzene rings is 3. The molecule has 0 fully saturated rings. The maximum atomic E-state index is 9.27. The number of hydrogen-bond acceptors (Lipinski definition) is 5. The Morgan fingerprint density at radius 2 is 1.71 bits per heavy atom. The summed E-state index contributed by atoms with van der Waals surface area (Å²) < 4.78 is 6.03. The molecule has 4 rings (SSSR count). The Labute approximate surface area is 162 Å². The lowest BCUT2D eigenvalue weighted by Crippen LogP contribution is -2.05. The number of hydrogen-bond donors (Lipinski definition) is 1. The highest BCUT2D eigenvalue weighted by molar-refractivity contribution is 5.73. The van der Waals surface area contributed by atoms with Gasteiger partial charge in [0.25, 0.3) is 0 Å². The number of ether oxygens (including phenoxy) is 1. The third kappa shape index (κ3) is 3.70. The number of aliphatic hydroxyl groups is 1. The van der Waals surface area contributed by atoms with Crippen LogP contribution in [0, 0.1) is 11.3 Å². The maximum Gasteiger partial charge on any atom is 0.147 e. The van der Waals surface area contributed by atoms with E-state index < -0.39 is 0 Å². The zero-order chi connectivity index (χ0) is 19.3. The van der Waals surface area contributed by atoms with Gasteiger partial charge in [-0.3, -0.25) is 0 Å². The van der Waals surface area contributed by atoms with Gasteiger partial charge in [0.2, 0.25) is 0 Å². The molecule has 6 nitrogen and oxygen atoms in total. The molecule has 138 valence electrons. The van der Waals surface area contributed by atoms with Crippen LogP contribution in [-0.4, -0.2) is 26.7 Å². The highest BCUT2D eigenvalue weighted by Gasteiger charge is 2.12. The Morgan fingerprint density at radius 3 is 2.43 bits per heavy atom. The molecule has 0 radical (unpaired) electrons. The van der Waals surface area contributed by atoms with Crippen LogP contribution < -0.4 is 4.74 Å². The lowest BCUT2D eigenvalue weighted by Gasteiger charge is -2.12. The van der Waals surface area contributed by atoms with Gasteiger partial charge in [0.05, 0.1) is 11.6 Å². The van der Waals surface area contributed by atoms with Gasteiger partial charge >= 0.3 is 0 Å². The van der Waals surface area contributed by atoms with Crippen molar-refractivity contribution in [2.45, 2.75) is 13.0 Å². The molecule has 0 unspecified atom stereocenters. The average Bonchev–Trinajstić information content (AvgIpc) is 3.17. The predicted octanol–water partition coefficient (Wildman–Crippen LogP) is 3.41. The Bertz CT molecular complexity index is 1130. The molecule has 28 heavy (non-hydrogen) atoms. The number of aromatic nitrogens is 3. The highest BCUT2D eigenvalue weighted by atomic mass is 16.5. The molecule has 0 atom stereocenters. The number of rotatable bonds is 6. The summed E-state index contributed by atoms with van der Waals surface area (Å²) in [6.45, 7) is 0.387. The van der Waals surface area contributed by atoms with E-state index in [1.807, 2.05) is 54.6 Å². The van der Waals surface area contributed by atoms with Gasteiger partial charge in [0.15, 0.2) is 0 Å². The van der Waals surface area contributed by atoms with E-state index in [9.17, 15) is 5.11 Å². The SMILES string of the molecule is N#Cc1cccc(COc2ccc(CCO)cc2-n2nc3ccccc3n2)c1. The second-order valence-electron chi connectivity index (χ2n) is 6.35. The molecule has 3 aromatic carbocycles. The molecule has 0 spiro atoms. The second-order valence-corrected chi connectivity index (χ2v) is 6.35. The first kappa shape index (κ1) is 17.7. The van der Waals surface area contributed by atoms with Crippen molar-refractivity contribution in [2.24, 2.45) is 0 Å². The van der Waals surface area contributed by atoms with Crippen molar-refractivity contribution in [3.63, 3.8) is 0 Å². The van der Waals surface area contributed by atoms with E-state index >= 15 is 0 Å². The summed E-state index contributed by atoms with van der Waals surface area (Å²) >= 11 is 0. The zero-order valence-electron chi connectivity index (χ0n) is 15.1. The second kappa shape index (κ2) is 7.91. The van der Waals surface area contributed by atoms with Gasteiger partial charge in [-0.05, 0) is 53.9 Å². The molecule has 4 aromatic rings. The van der Waals surface area contributed by atoms with Crippen LogP contribution in [0.15, 0.2) is 66.7 Å². The van der Waals surface area contributed by atoms with Gasteiger partial charge in [-0.25, -0.2) is 0 Å². The Kier molecular flexibility index (Phi) is 5.00. The van der Waals surface area contributed by atoms with E-state index in [4.69, 9.17) is 10.00 Å². The molecule has 0 aliphatic rings.